The minimum atomic E-state index is -0.510. The molecule has 0 bridgehead atoms. The second-order valence-electron chi connectivity index (χ2n) is 9.99. The molecule has 2 heterocycles. The Labute approximate surface area is 183 Å². The molecule has 1 spiro atoms. The van der Waals surface area contributed by atoms with E-state index < -0.39 is 5.60 Å². The Kier molecular flexibility index (Phi) is 6.11. The Bertz CT molecular complexity index is 808. The van der Waals surface area contributed by atoms with Gasteiger partial charge in [0, 0.05) is 30.0 Å². The van der Waals surface area contributed by atoms with E-state index in [4.69, 9.17) is 9.72 Å². The minimum Gasteiger partial charge on any atom is -0.460 e. The fourth-order valence-electron chi connectivity index (χ4n) is 5.07. The van der Waals surface area contributed by atoms with Gasteiger partial charge in [-0.2, -0.15) is 0 Å². The number of fused-ring (bicyclic) bond motifs is 2. The number of aromatic nitrogens is 2. The molecular weight excluding hydrogens is 398 g/mol. The molecular formula is C23H33N3O3S. The van der Waals surface area contributed by atoms with Crippen molar-refractivity contribution in [1.82, 2.24) is 14.9 Å². The van der Waals surface area contributed by atoms with Crippen molar-refractivity contribution in [1.29, 1.82) is 0 Å². The van der Waals surface area contributed by atoms with E-state index in [0.29, 0.717) is 23.9 Å². The molecule has 4 rings (SSSR count). The van der Waals surface area contributed by atoms with Gasteiger partial charge in [-0.15, -0.1) is 0 Å². The van der Waals surface area contributed by atoms with E-state index in [2.05, 4.69) is 4.98 Å². The van der Waals surface area contributed by atoms with Gasteiger partial charge in [0.25, 0.3) is 5.91 Å². The zero-order valence-electron chi connectivity index (χ0n) is 18.4. The third-order valence-corrected chi connectivity index (χ3v) is 7.63. The molecule has 1 aliphatic heterocycles. The Morgan fingerprint density at radius 1 is 1.23 bits per heavy atom. The number of hydrogen-bond acceptors (Lipinski definition) is 6. The number of amides is 1. The molecule has 6 nitrogen and oxygen atoms in total. The van der Waals surface area contributed by atoms with Gasteiger partial charge in [-0.3, -0.25) is 9.59 Å². The lowest BCUT2D eigenvalue weighted by Crippen LogP contribution is -2.49. The summed E-state index contributed by atoms with van der Waals surface area (Å²) in [4.78, 5) is 36.7. The average Bonchev–Trinajstić information content (AvgIpc) is 3.35. The van der Waals surface area contributed by atoms with Crippen LogP contribution in [0.15, 0.2) is 11.4 Å². The lowest BCUT2D eigenvalue weighted by molar-refractivity contribution is -0.155. The number of ether oxygens (including phenoxy) is 1. The second-order valence-corrected chi connectivity index (χ2v) is 11.3. The molecule has 2 aliphatic carbocycles. The summed E-state index contributed by atoms with van der Waals surface area (Å²) in [6.45, 7) is 6.61. The molecule has 0 radical (unpaired) electrons. The molecule has 1 aromatic heterocycles. The van der Waals surface area contributed by atoms with E-state index in [1.165, 1.54) is 25.7 Å². The quantitative estimate of drug-likeness (QED) is 0.504. The van der Waals surface area contributed by atoms with Crippen LogP contribution in [0.2, 0.25) is 0 Å². The molecule has 0 saturated heterocycles. The monoisotopic (exact) mass is 431 g/mol. The van der Waals surface area contributed by atoms with Gasteiger partial charge >= 0.3 is 5.97 Å². The first-order valence-corrected chi connectivity index (χ1v) is 12.2. The summed E-state index contributed by atoms with van der Waals surface area (Å²) in [6.07, 6.45) is 11.4. The Morgan fingerprint density at radius 2 is 1.93 bits per heavy atom. The van der Waals surface area contributed by atoms with Crippen molar-refractivity contribution in [2.75, 3.05) is 13.1 Å². The molecule has 7 heteroatoms. The van der Waals surface area contributed by atoms with Crippen molar-refractivity contribution in [2.45, 2.75) is 100.0 Å². The van der Waals surface area contributed by atoms with E-state index in [0.717, 1.165) is 36.5 Å². The van der Waals surface area contributed by atoms with Crippen LogP contribution in [0.1, 0.15) is 94.6 Å². The predicted octanol–water partition coefficient (Wildman–Crippen LogP) is 4.51. The lowest BCUT2D eigenvalue weighted by atomic mass is 9.77. The molecule has 1 amide bonds. The number of nitrogens with zero attached hydrogens (tertiary/aromatic N) is 3. The van der Waals surface area contributed by atoms with E-state index in [1.807, 2.05) is 25.7 Å². The van der Waals surface area contributed by atoms with Gasteiger partial charge in [-0.1, -0.05) is 37.4 Å². The zero-order chi connectivity index (χ0) is 21.4. The summed E-state index contributed by atoms with van der Waals surface area (Å²) in [5.74, 6) is -0.315. The molecule has 164 valence electrons. The largest absolute Gasteiger partial charge is 0.460 e. The SMILES string of the molecule is CC(C)(C)OC(=O)CCN1CC2(CCCC2)c2nc(SC3CCCC3)ncc2C1=O. The number of thioether (sulfide) groups is 1. The molecule has 30 heavy (non-hydrogen) atoms. The molecule has 0 aromatic carbocycles. The lowest BCUT2D eigenvalue weighted by Gasteiger charge is -2.40. The van der Waals surface area contributed by atoms with Gasteiger partial charge in [-0.25, -0.2) is 9.97 Å². The Hall–Kier alpha value is -1.63. The molecule has 3 aliphatic rings. The first kappa shape index (κ1) is 21.6. The van der Waals surface area contributed by atoms with Crippen LogP contribution in [0.5, 0.6) is 0 Å². The number of hydrogen-bond donors (Lipinski definition) is 0. The van der Waals surface area contributed by atoms with E-state index in [9.17, 15) is 9.59 Å². The predicted molar refractivity (Wildman–Crippen MR) is 117 cm³/mol. The maximum atomic E-state index is 13.2. The third-order valence-electron chi connectivity index (χ3n) is 6.42. The van der Waals surface area contributed by atoms with Crippen LogP contribution in [-0.2, 0) is 14.9 Å². The fraction of sp³-hybridized carbons (Fsp3) is 0.739. The minimum absolute atomic E-state index is 0.0523. The molecule has 2 fully saturated rings. The fourth-order valence-corrected chi connectivity index (χ4v) is 6.19. The van der Waals surface area contributed by atoms with Crippen LogP contribution < -0.4 is 0 Å². The van der Waals surface area contributed by atoms with Crippen molar-refractivity contribution in [3.63, 3.8) is 0 Å². The number of esters is 1. The number of carbonyl (C=O) groups is 2. The van der Waals surface area contributed by atoms with Crippen molar-refractivity contribution in [3.05, 3.63) is 17.5 Å². The van der Waals surface area contributed by atoms with E-state index in [-0.39, 0.29) is 23.7 Å². The van der Waals surface area contributed by atoms with Gasteiger partial charge in [0.15, 0.2) is 5.16 Å². The summed E-state index contributed by atoms with van der Waals surface area (Å²) < 4.78 is 5.43. The summed E-state index contributed by atoms with van der Waals surface area (Å²) in [5, 5.41) is 1.43. The molecule has 0 atom stereocenters. The normalized spacial score (nSPS) is 21.3. The van der Waals surface area contributed by atoms with Crippen LogP contribution >= 0.6 is 11.8 Å². The van der Waals surface area contributed by atoms with Crippen molar-refractivity contribution < 1.29 is 14.3 Å². The highest BCUT2D eigenvalue weighted by Crippen LogP contribution is 2.45. The molecule has 0 unspecified atom stereocenters. The Morgan fingerprint density at radius 3 is 2.60 bits per heavy atom. The van der Waals surface area contributed by atoms with Crippen LogP contribution in [0, 0.1) is 0 Å². The highest BCUT2D eigenvalue weighted by atomic mass is 32.2. The average molecular weight is 432 g/mol. The van der Waals surface area contributed by atoms with Gasteiger partial charge in [-0.05, 0) is 46.5 Å². The van der Waals surface area contributed by atoms with Crippen molar-refractivity contribution >= 4 is 23.6 Å². The smallest absolute Gasteiger partial charge is 0.308 e. The summed E-state index contributed by atoms with van der Waals surface area (Å²) in [5.41, 5.74) is 0.978. The summed E-state index contributed by atoms with van der Waals surface area (Å²) in [6, 6.07) is 0. The second kappa shape index (κ2) is 8.48. The zero-order valence-corrected chi connectivity index (χ0v) is 19.2. The maximum absolute atomic E-state index is 13.2. The third kappa shape index (κ3) is 4.66. The Balaban J connectivity index is 1.53. The summed E-state index contributed by atoms with van der Waals surface area (Å²) in [7, 11) is 0. The highest BCUT2D eigenvalue weighted by Gasteiger charge is 2.46. The van der Waals surface area contributed by atoms with Crippen molar-refractivity contribution in [3.8, 4) is 0 Å². The van der Waals surface area contributed by atoms with Crippen molar-refractivity contribution in [2.24, 2.45) is 0 Å². The van der Waals surface area contributed by atoms with Gasteiger partial charge in [0.1, 0.15) is 5.60 Å². The summed E-state index contributed by atoms with van der Waals surface area (Å²) >= 11 is 1.78. The first-order valence-electron chi connectivity index (χ1n) is 11.3. The topological polar surface area (TPSA) is 72.4 Å². The molecule has 1 aromatic rings. The van der Waals surface area contributed by atoms with Gasteiger partial charge < -0.3 is 9.64 Å². The van der Waals surface area contributed by atoms with Gasteiger partial charge in [0.05, 0.1) is 17.7 Å². The van der Waals surface area contributed by atoms with Gasteiger partial charge in [0.2, 0.25) is 0 Å². The standard InChI is InChI=1S/C23H33N3O3S/c1-22(2,3)29-18(27)10-13-26-15-23(11-6-7-12-23)19-17(20(26)28)14-24-21(25-19)30-16-8-4-5-9-16/h14,16H,4-13,15H2,1-3H3. The molecule has 0 N–H and O–H groups in total. The number of rotatable bonds is 5. The number of carbonyl (C=O) groups excluding carboxylic acids is 2. The van der Waals surface area contributed by atoms with E-state index in [1.54, 1.807) is 18.0 Å². The molecule has 2 saturated carbocycles. The van der Waals surface area contributed by atoms with Crippen LogP contribution in [0.25, 0.3) is 0 Å². The van der Waals surface area contributed by atoms with E-state index >= 15 is 0 Å². The highest BCUT2D eigenvalue weighted by molar-refractivity contribution is 7.99. The van der Waals surface area contributed by atoms with Crippen LogP contribution in [-0.4, -0.2) is 50.7 Å². The van der Waals surface area contributed by atoms with Crippen LogP contribution in [0.3, 0.4) is 0 Å². The first-order chi connectivity index (χ1) is 14.3. The van der Waals surface area contributed by atoms with Crippen LogP contribution in [0.4, 0.5) is 0 Å². The maximum Gasteiger partial charge on any atom is 0.308 e.